The van der Waals surface area contributed by atoms with E-state index in [1.54, 1.807) is 0 Å². The van der Waals surface area contributed by atoms with Gasteiger partial charge in [0.15, 0.2) is 0 Å². The van der Waals surface area contributed by atoms with Crippen LogP contribution in [0.15, 0.2) is 0 Å². The minimum atomic E-state index is -3.20. The molecule has 0 rings (SSSR count). The van der Waals surface area contributed by atoms with Crippen molar-refractivity contribution in [2.24, 2.45) is 0 Å². The minimum absolute atomic E-state index is 0. The molecule has 10 heavy (non-hydrogen) atoms. The van der Waals surface area contributed by atoms with Gasteiger partial charge in [-0.3, -0.25) is 4.57 Å². The third kappa shape index (κ3) is 11.6. The molecule has 0 heterocycles. The maximum Gasteiger partial charge on any atom is 0.325 e. The van der Waals surface area contributed by atoms with Gasteiger partial charge < -0.3 is 9.42 Å². The molecule has 5 heteroatoms. The van der Waals surface area contributed by atoms with Gasteiger partial charge in [-0.05, 0) is 6.42 Å². The SMILES string of the molecule is CCCCOP(C)(=O)O.[Zn]. The van der Waals surface area contributed by atoms with E-state index in [-0.39, 0.29) is 19.5 Å². The molecule has 0 aromatic carbocycles. The summed E-state index contributed by atoms with van der Waals surface area (Å²) in [6, 6.07) is 0. The van der Waals surface area contributed by atoms with Crippen molar-refractivity contribution in [1.29, 1.82) is 0 Å². The average molecular weight is 218 g/mol. The van der Waals surface area contributed by atoms with Gasteiger partial charge >= 0.3 is 7.60 Å². The summed E-state index contributed by atoms with van der Waals surface area (Å²) in [7, 11) is -3.20. The molecule has 0 aliphatic carbocycles. The molecule has 0 radical (unpaired) electrons. The molecule has 0 amide bonds. The molecule has 0 fully saturated rings. The smallest absolute Gasteiger partial charge is 0.324 e. The van der Waals surface area contributed by atoms with Crippen LogP contribution in [0.25, 0.3) is 0 Å². The average Bonchev–Trinajstić information content (AvgIpc) is 1.63. The Balaban J connectivity index is 0. The second kappa shape index (κ2) is 6.48. The summed E-state index contributed by atoms with van der Waals surface area (Å²) in [4.78, 5) is 8.58. The zero-order valence-electron chi connectivity index (χ0n) is 6.54. The van der Waals surface area contributed by atoms with E-state index in [2.05, 4.69) is 4.52 Å². The Bertz CT molecular complexity index is 111. The molecule has 0 aliphatic rings. The second-order valence-electron chi connectivity index (χ2n) is 1.99. The van der Waals surface area contributed by atoms with Crippen LogP contribution in [0.2, 0.25) is 0 Å². The standard InChI is InChI=1S/C5H13O3P.Zn/c1-3-4-5-8-9(2,6)7;/h3-5H2,1-2H3,(H,6,7);. The minimum Gasteiger partial charge on any atom is -0.324 e. The maximum absolute atomic E-state index is 10.4. The zero-order valence-corrected chi connectivity index (χ0v) is 10.4. The third-order valence-corrected chi connectivity index (χ3v) is 1.49. The monoisotopic (exact) mass is 216 g/mol. The summed E-state index contributed by atoms with van der Waals surface area (Å²) in [5.41, 5.74) is 0. The first-order valence-electron chi connectivity index (χ1n) is 3.01. The fraction of sp³-hybridized carbons (Fsp3) is 1.00. The Labute approximate surface area is 74.5 Å². The quantitative estimate of drug-likeness (QED) is 0.442. The fourth-order valence-electron chi connectivity index (χ4n) is 0.378. The van der Waals surface area contributed by atoms with Crippen molar-refractivity contribution in [1.82, 2.24) is 0 Å². The normalized spacial score (nSPS) is 15.5. The van der Waals surface area contributed by atoms with Crippen LogP contribution in [-0.2, 0) is 28.6 Å². The van der Waals surface area contributed by atoms with Crippen molar-refractivity contribution < 1.29 is 33.5 Å². The van der Waals surface area contributed by atoms with E-state index in [0.29, 0.717) is 6.61 Å². The summed E-state index contributed by atoms with van der Waals surface area (Å²) < 4.78 is 15.0. The summed E-state index contributed by atoms with van der Waals surface area (Å²) in [6.45, 7) is 3.59. The second-order valence-corrected chi connectivity index (χ2v) is 3.85. The molecular weight excluding hydrogens is 204 g/mol. The molecule has 1 atom stereocenters. The van der Waals surface area contributed by atoms with Gasteiger partial charge in [-0.2, -0.15) is 0 Å². The molecule has 0 saturated heterocycles. The van der Waals surface area contributed by atoms with Crippen molar-refractivity contribution in [3.63, 3.8) is 0 Å². The largest absolute Gasteiger partial charge is 0.325 e. The Morgan fingerprint density at radius 1 is 1.60 bits per heavy atom. The van der Waals surface area contributed by atoms with Gasteiger partial charge in [0.1, 0.15) is 0 Å². The van der Waals surface area contributed by atoms with Gasteiger partial charge in [0.25, 0.3) is 0 Å². The maximum atomic E-state index is 10.4. The molecule has 0 spiro atoms. The molecule has 0 aromatic rings. The van der Waals surface area contributed by atoms with Crippen molar-refractivity contribution in [2.75, 3.05) is 13.3 Å². The zero-order chi connectivity index (χ0) is 7.33. The Hall–Kier alpha value is 0.773. The molecular formula is C5H13O3PZn. The fourth-order valence-corrected chi connectivity index (χ4v) is 0.846. The Kier molecular flexibility index (Phi) is 8.67. The third-order valence-electron chi connectivity index (χ3n) is 0.829. The topological polar surface area (TPSA) is 46.5 Å². The number of hydrogen-bond donors (Lipinski definition) is 1. The van der Waals surface area contributed by atoms with Crippen LogP contribution in [0.4, 0.5) is 0 Å². The first kappa shape index (κ1) is 13.4. The van der Waals surface area contributed by atoms with Crippen LogP contribution >= 0.6 is 7.60 Å². The van der Waals surface area contributed by atoms with Crippen LogP contribution in [0.3, 0.4) is 0 Å². The molecule has 1 N–H and O–H groups in total. The van der Waals surface area contributed by atoms with Crippen LogP contribution in [-0.4, -0.2) is 18.2 Å². The predicted octanol–water partition coefficient (Wildman–Crippen LogP) is 1.62. The van der Waals surface area contributed by atoms with Gasteiger partial charge in [-0.25, -0.2) is 0 Å². The molecule has 0 saturated carbocycles. The Morgan fingerprint density at radius 3 is 2.40 bits per heavy atom. The number of unbranched alkanes of at least 4 members (excludes halogenated alkanes) is 1. The number of rotatable bonds is 4. The Morgan fingerprint density at radius 2 is 2.10 bits per heavy atom. The van der Waals surface area contributed by atoms with Gasteiger partial charge in [0, 0.05) is 26.1 Å². The van der Waals surface area contributed by atoms with Gasteiger partial charge in [0.2, 0.25) is 0 Å². The molecule has 0 aliphatic heterocycles. The van der Waals surface area contributed by atoms with Crippen LogP contribution in [0, 0.1) is 0 Å². The molecule has 0 aromatic heterocycles. The van der Waals surface area contributed by atoms with Crippen LogP contribution < -0.4 is 0 Å². The van der Waals surface area contributed by atoms with Crippen molar-refractivity contribution in [3.05, 3.63) is 0 Å². The number of hydrogen-bond acceptors (Lipinski definition) is 2. The van der Waals surface area contributed by atoms with Crippen molar-refractivity contribution in [3.8, 4) is 0 Å². The summed E-state index contributed by atoms with van der Waals surface area (Å²) in [5, 5.41) is 0. The van der Waals surface area contributed by atoms with Gasteiger partial charge in [0.05, 0.1) is 6.61 Å². The van der Waals surface area contributed by atoms with E-state index in [4.69, 9.17) is 4.89 Å². The predicted molar refractivity (Wildman–Crippen MR) is 36.6 cm³/mol. The van der Waals surface area contributed by atoms with E-state index in [1.165, 1.54) is 6.66 Å². The van der Waals surface area contributed by atoms with Gasteiger partial charge in [-0.15, -0.1) is 0 Å². The van der Waals surface area contributed by atoms with Crippen molar-refractivity contribution in [2.45, 2.75) is 19.8 Å². The summed E-state index contributed by atoms with van der Waals surface area (Å²) >= 11 is 0. The first-order valence-corrected chi connectivity index (χ1v) is 5.03. The van der Waals surface area contributed by atoms with Gasteiger partial charge in [-0.1, -0.05) is 13.3 Å². The van der Waals surface area contributed by atoms with E-state index in [1.807, 2.05) is 6.92 Å². The molecule has 1 unspecified atom stereocenters. The van der Waals surface area contributed by atoms with Crippen LogP contribution in [0.5, 0.6) is 0 Å². The van der Waals surface area contributed by atoms with Crippen molar-refractivity contribution >= 4 is 7.60 Å². The van der Waals surface area contributed by atoms with E-state index in [9.17, 15) is 4.57 Å². The molecule has 0 bridgehead atoms. The van der Waals surface area contributed by atoms with Crippen LogP contribution in [0.1, 0.15) is 19.8 Å². The summed E-state index contributed by atoms with van der Waals surface area (Å²) in [6.07, 6.45) is 1.83. The summed E-state index contributed by atoms with van der Waals surface area (Å²) in [5.74, 6) is 0. The van der Waals surface area contributed by atoms with E-state index < -0.39 is 7.60 Å². The first-order chi connectivity index (χ1) is 4.06. The molecule has 3 nitrogen and oxygen atoms in total. The molecule has 58 valence electrons. The van der Waals surface area contributed by atoms with E-state index >= 15 is 0 Å². The van der Waals surface area contributed by atoms with E-state index in [0.717, 1.165) is 12.8 Å².